The third kappa shape index (κ3) is 2.58. The smallest absolute Gasteiger partial charge is 0.392 e. The van der Waals surface area contributed by atoms with Gasteiger partial charge in [-0.2, -0.15) is 23.5 Å². The summed E-state index contributed by atoms with van der Waals surface area (Å²) in [5.41, 5.74) is -0.148. The molecule has 1 heterocycles. The minimum Gasteiger partial charge on any atom is -0.392 e. The summed E-state index contributed by atoms with van der Waals surface area (Å²) in [6, 6.07) is 7.07. The molecule has 0 amide bonds. The van der Waals surface area contributed by atoms with E-state index < -0.39 is 11.9 Å². The van der Waals surface area contributed by atoms with Crippen molar-refractivity contribution in [3.63, 3.8) is 0 Å². The van der Waals surface area contributed by atoms with E-state index in [2.05, 4.69) is 5.10 Å². The van der Waals surface area contributed by atoms with Crippen LogP contribution < -0.4 is 0 Å². The quantitative estimate of drug-likeness (QED) is 0.907. The van der Waals surface area contributed by atoms with Crippen molar-refractivity contribution >= 4 is 0 Å². The standard InChI is InChI=1S/C12H8F3N3O/c13-12(14,15)11-3-4-18(17-11)10-2-1-8(7-19)5-9(10)6-16/h1-5,19H,7H2. The first kappa shape index (κ1) is 13.1. The Morgan fingerprint density at radius 3 is 2.58 bits per heavy atom. The lowest BCUT2D eigenvalue weighted by molar-refractivity contribution is -0.141. The van der Waals surface area contributed by atoms with Crippen LogP contribution in [0.25, 0.3) is 5.69 Å². The maximum atomic E-state index is 12.4. The van der Waals surface area contributed by atoms with E-state index in [4.69, 9.17) is 10.4 Å². The lowest BCUT2D eigenvalue weighted by Crippen LogP contribution is -2.08. The van der Waals surface area contributed by atoms with Crippen LogP contribution in [0.5, 0.6) is 0 Å². The van der Waals surface area contributed by atoms with Gasteiger partial charge in [0.2, 0.25) is 0 Å². The first-order valence-corrected chi connectivity index (χ1v) is 5.23. The number of hydrogen-bond acceptors (Lipinski definition) is 3. The van der Waals surface area contributed by atoms with Crippen LogP contribution in [0.1, 0.15) is 16.8 Å². The molecule has 0 atom stereocenters. The van der Waals surface area contributed by atoms with Crippen LogP contribution in [-0.4, -0.2) is 14.9 Å². The lowest BCUT2D eigenvalue weighted by Gasteiger charge is -2.06. The predicted octanol–water partition coefficient (Wildman–Crippen LogP) is 2.26. The number of aromatic nitrogens is 2. The number of halogens is 3. The Morgan fingerprint density at radius 2 is 2.05 bits per heavy atom. The van der Waals surface area contributed by atoms with Crippen LogP contribution in [0.15, 0.2) is 30.5 Å². The van der Waals surface area contributed by atoms with Crippen molar-refractivity contribution in [2.45, 2.75) is 12.8 Å². The Morgan fingerprint density at radius 1 is 1.32 bits per heavy atom. The van der Waals surface area contributed by atoms with Crippen LogP contribution in [0.4, 0.5) is 13.2 Å². The fourth-order valence-electron chi connectivity index (χ4n) is 1.58. The normalized spacial score (nSPS) is 11.3. The molecule has 0 spiro atoms. The van der Waals surface area contributed by atoms with Crippen molar-refractivity contribution in [2.75, 3.05) is 0 Å². The average molecular weight is 267 g/mol. The van der Waals surface area contributed by atoms with Gasteiger partial charge in [0.15, 0.2) is 5.69 Å². The first-order chi connectivity index (χ1) is 8.95. The zero-order valence-electron chi connectivity index (χ0n) is 9.52. The SMILES string of the molecule is N#Cc1cc(CO)ccc1-n1ccc(C(F)(F)F)n1. The zero-order chi connectivity index (χ0) is 14.0. The van der Waals surface area contributed by atoms with E-state index in [0.717, 1.165) is 16.9 Å². The van der Waals surface area contributed by atoms with Crippen LogP contribution in [0, 0.1) is 11.3 Å². The predicted molar refractivity (Wildman–Crippen MR) is 59.2 cm³/mol. The van der Waals surface area contributed by atoms with E-state index in [1.54, 1.807) is 0 Å². The molecule has 1 aromatic heterocycles. The van der Waals surface area contributed by atoms with Crippen LogP contribution in [-0.2, 0) is 12.8 Å². The van der Waals surface area contributed by atoms with Crippen LogP contribution in [0.2, 0.25) is 0 Å². The van der Waals surface area contributed by atoms with Gasteiger partial charge in [-0.1, -0.05) is 6.07 Å². The van der Waals surface area contributed by atoms with Crippen molar-refractivity contribution < 1.29 is 18.3 Å². The van der Waals surface area contributed by atoms with Crippen molar-refractivity contribution in [3.05, 3.63) is 47.3 Å². The number of nitriles is 1. The Hall–Kier alpha value is -2.33. The third-order valence-electron chi connectivity index (χ3n) is 2.49. The minimum absolute atomic E-state index is 0.142. The van der Waals surface area contributed by atoms with Crippen molar-refractivity contribution in [2.24, 2.45) is 0 Å². The Kier molecular flexibility index (Phi) is 3.27. The Balaban J connectivity index is 2.48. The fraction of sp³-hybridized carbons (Fsp3) is 0.167. The summed E-state index contributed by atoms with van der Waals surface area (Å²) in [6.07, 6.45) is -3.39. The third-order valence-corrected chi connectivity index (χ3v) is 2.49. The van der Waals surface area contributed by atoms with Gasteiger partial charge in [-0.25, -0.2) is 4.68 Å². The van der Waals surface area contributed by atoms with Gasteiger partial charge in [-0.15, -0.1) is 0 Å². The second-order valence-electron chi connectivity index (χ2n) is 3.76. The van der Waals surface area contributed by atoms with E-state index in [0.29, 0.717) is 5.56 Å². The molecular weight excluding hydrogens is 259 g/mol. The van der Waals surface area contributed by atoms with Crippen LogP contribution in [0.3, 0.4) is 0 Å². The second-order valence-corrected chi connectivity index (χ2v) is 3.76. The highest BCUT2D eigenvalue weighted by molar-refractivity contribution is 5.50. The molecule has 0 saturated heterocycles. The van der Waals surface area contributed by atoms with E-state index in [-0.39, 0.29) is 17.9 Å². The number of aliphatic hydroxyl groups excluding tert-OH is 1. The average Bonchev–Trinajstić information content (AvgIpc) is 2.87. The first-order valence-electron chi connectivity index (χ1n) is 5.23. The molecule has 19 heavy (non-hydrogen) atoms. The summed E-state index contributed by atoms with van der Waals surface area (Å²) in [6.45, 7) is -0.248. The summed E-state index contributed by atoms with van der Waals surface area (Å²) < 4.78 is 38.3. The van der Waals surface area contributed by atoms with Gasteiger partial charge < -0.3 is 5.11 Å². The van der Waals surface area contributed by atoms with E-state index in [1.807, 2.05) is 6.07 Å². The molecule has 2 aromatic rings. The molecule has 0 fully saturated rings. The van der Waals surface area contributed by atoms with Gasteiger partial charge in [0.1, 0.15) is 6.07 Å². The highest BCUT2D eigenvalue weighted by Gasteiger charge is 2.33. The highest BCUT2D eigenvalue weighted by atomic mass is 19.4. The summed E-state index contributed by atoms with van der Waals surface area (Å²) in [5.74, 6) is 0. The van der Waals surface area contributed by atoms with Crippen molar-refractivity contribution in [1.82, 2.24) is 9.78 Å². The molecule has 98 valence electrons. The number of alkyl halides is 3. The monoisotopic (exact) mass is 267 g/mol. The summed E-state index contributed by atoms with van der Waals surface area (Å²) >= 11 is 0. The Bertz CT molecular complexity index is 640. The van der Waals surface area contributed by atoms with Gasteiger partial charge in [-0.05, 0) is 23.8 Å². The van der Waals surface area contributed by atoms with Crippen molar-refractivity contribution in [3.8, 4) is 11.8 Å². The van der Waals surface area contributed by atoms with E-state index >= 15 is 0 Å². The van der Waals surface area contributed by atoms with Gasteiger partial charge in [-0.3, -0.25) is 0 Å². The Labute approximate surface area is 106 Å². The molecule has 2 rings (SSSR count). The molecule has 4 nitrogen and oxygen atoms in total. The van der Waals surface area contributed by atoms with Crippen molar-refractivity contribution in [1.29, 1.82) is 5.26 Å². The summed E-state index contributed by atoms with van der Waals surface area (Å²) in [5, 5.41) is 21.3. The largest absolute Gasteiger partial charge is 0.435 e. The highest BCUT2D eigenvalue weighted by Crippen LogP contribution is 2.28. The lowest BCUT2D eigenvalue weighted by atomic mass is 10.1. The zero-order valence-corrected chi connectivity index (χ0v) is 9.52. The van der Waals surface area contributed by atoms with E-state index in [9.17, 15) is 13.2 Å². The maximum absolute atomic E-state index is 12.4. The topological polar surface area (TPSA) is 61.8 Å². The van der Waals surface area contributed by atoms with E-state index in [1.165, 1.54) is 18.2 Å². The molecule has 0 unspecified atom stereocenters. The molecule has 0 bridgehead atoms. The molecule has 0 aliphatic heterocycles. The number of benzene rings is 1. The van der Waals surface area contributed by atoms with Gasteiger partial charge in [0.05, 0.1) is 17.9 Å². The summed E-state index contributed by atoms with van der Waals surface area (Å²) in [7, 11) is 0. The molecule has 0 aliphatic carbocycles. The van der Waals surface area contributed by atoms with Gasteiger partial charge >= 0.3 is 6.18 Å². The van der Waals surface area contributed by atoms with Gasteiger partial charge in [0, 0.05) is 6.20 Å². The second kappa shape index (κ2) is 4.74. The van der Waals surface area contributed by atoms with Crippen LogP contribution >= 0.6 is 0 Å². The number of aliphatic hydroxyl groups is 1. The summed E-state index contributed by atoms with van der Waals surface area (Å²) in [4.78, 5) is 0. The number of rotatable bonds is 2. The number of nitrogens with zero attached hydrogens (tertiary/aromatic N) is 3. The molecule has 7 heteroatoms. The molecule has 0 radical (unpaired) electrons. The molecule has 1 aromatic carbocycles. The van der Waals surface area contributed by atoms with Gasteiger partial charge in [0.25, 0.3) is 0 Å². The molecule has 0 aliphatic rings. The fourth-order valence-corrected chi connectivity index (χ4v) is 1.58. The number of hydrogen-bond donors (Lipinski definition) is 1. The molecular formula is C12H8F3N3O. The maximum Gasteiger partial charge on any atom is 0.435 e. The molecule has 0 saturated carbocycles. The minimum atomic E-state index is -4.52. The molecule has 1 N–H and O–H groups in total.